The second-order valence-electron chi connectivity index (χ2n) is 3.16. The van der Waals surface area contributed by atoms with Gasteiger partial charge in [-0.2, -0.15) is 0 Å². The molecular weight excluding hydrogens is 184 g/mol. The van der Waals surface area contributed by atoms with Crippen molar-refractivity contribution in [2.75, 3.05) is 0 Å². The summed E-state index contributed by atoms with van der Waals surface area (Å²) < 4.78 is 4.75. The van der Waals surface area contributed by atoms with Gasteiger partial charge in [-0.3, -0.25) is 4.79 Å². The lowest BCUT2D eigenvalue weighted by atomic mass is 10.0. The van der Waals surface area contributed by atoms with Crippen molar-refractivity contribution in [3.8, 4) is 5.75 Å². The minimum absolute atomic E-state index is 0.102. The zero-order valence-corrected chi connectivity index (χ0v) is 7.53. The highest BCUT2D eigenvalue weighted by Gasteiger charge is 2.24. The van der Waals surface area contributed by atoms with Crippen LogP contribution in [0.15, 0.2) is 12.1 Å². The third-order valence-electron chi connectivity index (χ3n) is 2.18. The molecule has 0 saturated carbocycles. The lowest BCUT2D eigenvalue weighted by molar-refractivity contribution is 0.0535. The van der Waals surface area contributed by atoms with Gasteiger partial charge in [0, 0.05) is 5.56 Å². The van der Waals surface area contributed by atoms with Gasteiger partial charge in [0.1, 0.15) is 12.4 Å². The first-order valence-electron chi connectivity index (χ1n) is 4.13. The van der Waals surface area contributed by atoms with Crippen molar-refractivity contribution in [2.45, 2.75) is 13.5 Å². The summed E-state index contributed by atoms with van der Waals surface area (Å²) in [5.41, 5.74) is 1.15. The van der Waals surface area contributed by atoms with Crippen molar-refractivity contribution < 1.29 is 19.4 Å². The minimum atomic E-state index is -0.442. The average Bonchev–Trinajstić information content (AvgIpc) is 2.46. The Morgan fingerprint density at radius 1 is 1.50 bits per heavy atom. The summed E-state index contributed by atoms with van der Waals surface area (Å²) in [5.74, 6) is -0.818. The summed E-state index contributed by atoms with van der Waals surface area (Å²) in [6.45, 7) is 1.50. The third-order valence-corrected chi connectivity index (χ3v) is 2.18. The first kappa shape index (κ1) is 8.74. The largest absolute Gasteiger partial charge is 0.507 e. The van der Waals surface area contributed by atoms with Gasteiger partial charge in [-0.25, -0.2) is 4.79 Å². The summed E-state index contributed by atoms with van der Waals surface area (Å²) in [6, 6.07) is 2.78. The highest BCUT2D eigenvalue weighted by Crippen LogP contribution is 2.28. The van der Waals surface area contributed by atoms with Crippen LogP contribution >= 0.6 is 0 Å². The normalized spacial score (nSPS) is 13.6. The number of rotatable bonds is 1. The van der Waals surface area contributed by atoms with Gasteiger partial charge in [0.2, 0.25) is 0 Å². The molecule has 1 N–H and O–H groups in total. The molecule has 4 nitrogen and oxygen atoms in total. The Labute approximate surface area is 80.1 Å². The predicted octanol–water partition coefficient (Wildman–Crippen LogP) is 1.27. The van der Waals surface area contributed by atoms with Crippen molar-refractivity contribution in [2.24, 2.45) is 0 Å². The van der Waals surface area contributed by atoms with Gasteiger partial charge in [-0.05, 0) is 19.1 Å². The SMILES string of the molecule is CC(=O)c1cc2c(cc1O)COC2=O. The Hall–Kier alpha value is -1.84. The Kier molecular flexibility index (Phi) is 1.77. The van der Waals surface area contributed by atoms with Crippen LogP contribution in [0.1, 0.15) is 33.2 Å². The molecule has 1 aromatic carbocycles. The molecule has 0 aromatic heterocycles. The molecule has 0 bridgehead atoms. The quantitative estimate of drug-likeness (QED) is 0.537. The minimum Gasteiger partial charge on any atom is -0.507 e. The molecule has 1 aromatic rings. The Morgan fingerprint density at radius 3 is 2.86 bits per heavy atom. The summed E-state index contributed by atoms with van der Waals surface area (Å²) >= 11 is 0. The smallest absolute Gasteiger partial charge is 0.338 e. The van der Waals surface area contributed by atoms with E-state index >= 15 is 0 Å². The summed E-state index contributed by atoms with van der Waals surface area (Å²) in [7, 11) is 0. The average molecular weight is 192 g/mol. The van der Waals surface area contributed by atoms with Crippen LogP contribution in [0.4, 0.5) is 0 Å². The number of carbonyl (C=O) groups is 2. The number of carbonyl (C=O) groups excluding carboxylic acids is 2. The Bertz CT molecular complexity index is 433. The van der Waals surface area contributed by atoms with Crippen LogP contribution in [0.25, 0.3) is 0 Å². The number of ether oxygens (including phenoxy) is 1. The molecule has 14 heavy (non-hydrogen) atoms. The number of phenolic OH excluding ortho intramolecular Hbond substituents is 1. The number of esters is 1. The van der Waals surface area contributed by atoms with Crippen molar-refractivity contribution >= 4 is 11.8 Å². The van der Waals surface area contributed by atoms with E-state index in [1.807, 2.05) is 0 Å². The van der Waals surface area contributed by atoms with E-state index in [1.165, 1.54) is 19.1 Å². The summed E-state index contributed by atoms with van der Waals surface area (Å²) in [6.07, 6.45) is 0. The van der Waals surface area contributed by atoms with Gasteiger partial charge in [0.15, 0.2) is 5.78 Å². The highest BCUT2D eigenvalue weighted by molar-refractivity contribution is 6.01. The summed E-state index contributed by atoms with van der Waals surface area (Å²) in [5, 5.41) is 9.44. The van der Waals surface area contributed by atoms with Gasteiger partial charge in [-0.1, -0.05) is 0 Å². The molecular formula is C10H8O4. The molecule has 1 aliphatic heterocycles. The maximum atomic E-state index is 11.1. The fraction of sp³-hybridized carbons (Fsp3) is 0.200. The van der Waals surface area contributed by atoms with E-state index in [0.29, 0.717) is 11.1 Å². The highest BCUT2D eigenvalue weighted by atomic mass is 16.5. The van der Waals surface area contributed by atoms with Crippen LogP contribution in [-0.2, 0) is 11.3 Å². The first-order chi connectivity index (χ1) is 6.59. The maximum Gasteiger partial charge on any atom is 0.338 e. The van der Waals surface area contributed by atoms with E-state index in [9.17, 15) is 14.7 Å². The number of ketones is 1. The van der Waals surface area contributed by atoms with E-state index in [4.69, 9.17) is 4.74 Å². The van der Waals surface area contributed by atoms with Gasteiger partial charge in [0.25, 0.3) is 0 Å². The monoisotopic (exact) mass is 192 g/mol. The first-order valence-corrected chi connectivity index (χ1v) is 4.13. The van der Waals surface area contributed by atoms with E-state index < -0.39 is 5.97 Å². The lowest BCUT2D eigenvalue weighted by Crippen LogP contribution is -1.99. The standard InChI is InChI=1S/C10H8O4/c1-5(11)7-3-8-6(2-9(7)12)4-14-10(8)13/h2-3,12H,4H2,1H3. The summed E-state index contributed by atoms with van der Waals surface area (Å²) in [4.78, 5) is 22.2. The number of phenols is 1. The number of aromatic hydroxyl groups is 1. The van der Waals surface area contributed by atoms with Crippen molar-refractivity contribution in [1.29, 1.82) is 0 Å². The number of cyclic esters (lactones) is 1. The van der Waals surface area contributed by atoms with Crippen LogP contribution in [0.3, 0.4) is 0 Å². The predicted molar refractivity (Wildman–Crippen MR) is 47.2 cm³/mol. The Balaban J connectivity index is 2.62. The molecule has 1 heterocycles. The molecule has 0 amide bonds. The zero-order chi connectivity index (χ0) is 10.3. The fourth-order valence-corrected chi connectivity index (χ4v) is 1.44. The molecule has 72 valence electrons. The Morgan fingerprint density at radius 2 is 2.21 bits per heavy atom. The van der Waals surface area contributed by atoms with Crippen molar-refractivity contribution in [3.05, 3.63) is 28.8 Å². The topological polar surface area (TPSA) is 63.6 Å². The van der Waals surface area contributed by atoms with E-state index in [-0.39, 0.29) is 23.7 Å². The van der Waals surface area contributed by atoms with E-state index in [0.717, 1.165) is 0 Å². The molecule has 4 heteroatoms. The molecule has 0 atom stereocenters. The van der Waals surface area contributed by atoms with E-state index in [2.05, 4.69) is 0 Å². The molecule has 0 spiro atoms. The van der Waals surface area contributed by atoms with Crippen LogP contribution < -0.4 is 0 Å². The fourth-order valence-electron chi connectivity index (χ4n) is 1.44. The van der Waals surface area contributed by atoms with E-state index in [1.54, 1.807) is 0 Å². The number of Topliss-reactive ketones (excluding diaryl/α,β-unsaturated/α-hetero) is 1. The van der Waals surface area contributed by atoms with Crippen molar-refractivity contribution in [3.63, 3.8) is 0 Å². The van der Waals surface area contributed by atoms with Crippen LogP contribution in [-0.4, -0.2) is 16.9 Å². The number of benzene rings is 1. The van der Waals surface area contributed by atoms with Crippen LogP contribution in [0.2, 0.25) is 0 Å². The van der Waals surface area contributed by atoms with Gasteiger partial charge < -0.3 is 9.84 Å². The molecule has 0 unspecified atom stereocenters. The number of fused-ring (bicyclic) bond motifs is 1. The van der Waals surface area contributed by atoms with Gasteiger partial charge >= 0.3 is 5.97 Å². The maximum absolute atomic E-state index is 11.1. The molecule has 2 rings (SSSR count). The third kappa shape index (κ3) is 1.16. The molecule has 0 aliphatic carbocycles. The lowest BCUT2D eigenvalue weighted by Gasteiger charge is -2.01. The zero-order valence-electron chi connectivity index (χ0n) is 7.53. The molecule has 0 radical (unpaired) electrons. The van der Waals surface area contributed by atoms with Crippen LogP contribution in [0, 0.1) is 0 Å². The molecule has 0 fully saturated rings. The second kappa shape index (κ2) is 2.83. The van der Waals surface area contributed by atoms with Gasteiger partial charge in [-0.15, -0.1) is 0 Å². The van der Waals surface area contributed by atoms with Gasteiger partial charge in [0.05, 0.1) is 11.1 Å². The molecule has 1 aliphatic rings. The van der Waals surface area contributed by atoms with Crippen LogP contribution in [0.5, 0.6) is 5.75 Å². The number of hydrogen-bond acceptors (Lipinski definition) is 4. The number of hydrogen-bond donors (Lipinski definition) is 1. The van der Waals surface area contributed by atoms with Crippen molar-refractivity contribution in [1.82, 2.24) is 0 Å². The second-order valence-corrected chi connectivity index (χ2v) is 3.16. The molecule has 0 saturated heterocycles.